The molecule has 2 unspecified atom stereocenters. The van der Waals surface area contributed by atoms with Crippen molar-refractivity contribution in [3.05, 3.63) is 85.1 Å². The normalized spacial score (nSPS) is 13.4. The number of unbranched alkanes of at least 4 members (excludes halogenated alkanes) is 25. The molecule has 9 heteroatoms. The fraction of sp³-hybridized carbons (Fsp3) is 0.734. The van der Waals surface area contributed by atoms with Gasteiger partial charge in [0.15, 0.2) is 6.10 Å². The third-order valence-corrected chi connectivity index (χ3v) is 12.7. The number of ether oxygens (including phenoxy) is 4. The summed E-state index contributed by atoms with van der Waals surface area (Å²) in [6.07, 6.45) is 69.7. The molecule has 0 aliphatic rings. The first-order valence-electron chi connectivity index (χ1n) is 29.8. The minimum Gasteiger partial charge on any atom is -0.477 e. The van der Waals surface area contributed by atoms with Gasteiger partial charge in [0.1, 0.15) is 13.2 Å². The summed E-state index contributed by atoms with van der Waals surface area (Å²) in [4.78, 5) is 37.3. The zero-order valence-electron chi connectivity index (χ0n) is 47.8. The SMILES string of the molecule is CC/C=C\C/C=C\C/C=C\C/C=C\C/C=C\C/C=C\C/C=C\CCCCCCCCCCCCCCCCCC(=O)OC(COC(=O)CCCCCCCCCCCCC)COC(OCC[N+](C)(C)C)C(=O)O. The third kappa shape index (κ3) is 56.0. The van der Waals surface area contributed by atoms with Gasteiger partial charge in [-0.15, -0.1) is 0 Å². The van der Waals surface area contributed by atoms with E-state index >= 15 is 0 Å². The van der Waals surface area contributed by atoms with Crippen molar-refractivity contribution in [1.82, 2.24) is 0 Å². The maximum Gasteiger partial charge on any atom is 0.361 e. The van der Waals surface area contributed by atoms with Crippen LogP contribution in [0.25, 0.3) is 0 Å². The molecule has 0 aliphatic heterocycles. The van der Waals surface area contributed by atoms with E-state index in [1.54, 1.807) is 0 Å². The maximum atomic E-state index is 12.9. The summed E-state index contributed by atoms with van der Waals surface area (Å²) in [6.45, 7) is 4.76. The largest absolute Gasteiger partial charge is 0.477 e. The average Bonchev–Trinajstić information content (AvgIpc) is 3.36. The molecule has 0 saturated carbocycles. The number of carboxylic acid groups (broad SMARTS) is 1. The van der Waals surface area contributed by atoms with Gasteiger partial charge in [-0.25, -0.2) is 4.79 Å². The second kappa shape index (κ2) is 54.7. The number of hydrogen-bond donors (Lipinski definition) is 1. The predicted octanol–water partition coefficient (Wildman–Crippen LogP) is 17.6. The molecule has 0 bridgehead atoms. The highest BCUT2D eigenvalue weighted by molar-refractivity contribution is 5.71. The van der Waals surface area contributed by atoms with E-state index < -0.39 is 24.3 Å². The second-order valence-corrected chi connectivity index (χ2v) is 20.9. The Balaban J connectivity index is 4.04. The lowest BCUT2D eigenvalue weighted by Crippen LogP contribution is -2.40. The molecule has 9 nitrogen and oxygen atoms in total. The van der Waals surface area contributed by atoms with Gasteiger partial charge in [-0.05, 0) is 70.6 Å². The number of nitrogens with zero attached hydrogens (tertiary/aromatic N) is 1. The number of hydrogen-bond acceptors (Lipinski definition) is 7. The Hall–Kier alpha value is -3.53. The maximum absolute atomic E-state index is 12.9. The van der Waals surface area contributed by atoms with Crippen LogP contribution < -0.4 is 0 Å². The molecule has 0 aromatic carbocycles. The van der Waals surface area contributed by atoms with Gasteiger partial charge in [0.05, 0.1) is 34.4 Å². The van der Waals surface area contributed by atoms with Crippen LogP contribution in [0.2, 0.25) is 0 Å². The number of rotatable bonds is 54. The molecule has 0 radical (unpaired) electrons. The fourth-order valence-electron chi connectivity index (χ4n) is 8.11. The van der Waals surface area contributed by atoms with Crippen LogP contribution in [0.5, 0.6) is 0 Å². The van der Waals surface area contributed by atoms with E-state index in [9.17, 15) is 19.5 Å². The Morgan fingerprint density at radius 1 is 0.425 bits per heavy atom. The van der Waals surface area contributed by atoms with E-state index in [-0.39, 0.29) is 32.2 Å². The first-order chi connectivity index (χ1) is 35.6. The predicted molar refractivity (Wildman–Crippen MR) is 309 cm³/mol. The number of likely N-dealkylation sites (N-methyl/N-ethyl adjacent to an activating group) is 1. The number of carbonyl (C=O) groups excluding carboxylic acids is 2. The Kier molecular flexibility index (Phi) is 52.1. The quantitative estimate of drug-likeness (QED) is 0.0211. The van der Waals surface area contributed by atoms with Gasteiger partial charge in [0.2, 0.25) is 0 Å². The molecule has 0 aromatic heterocycles. The van der Waals surface area contributed by atoms with Crippen LogP contribution >= 0.6 is 0 Å². The van der Waals surface area contributed by atoms with Crippen LogP contribution in [0.1, 0.15) is 245 Å². The Morgan fingerprint density at radius 2 is 0.781 bits per heavy atom. The molecule has 2 atom stereocenters. The molecule has 0 amide bonds. The number of aliphatic carboxylic acids is 1. The summed E-state index contributed by atoms with van der Waals surface area (Å²) >= 11 is 0. The molecule has 0 rings (SSSR count). The van der Waals surface area contributed by atoms with Crippen molar-refractivity contribution < 1.29 is 42.9 Å². The van der Waals surface area contributed by atoms with Crippen molar-refractivity contribution in [2.24, 2.45) is 0 Å². The van der Waals surface area contributed by atoms with Gasteiger partial charge < -0.3 is 28.5 Å². The number of carboxylic acids is 1. The summed E-state index contributed by atoms with van der Waals surface area (Å²) in [5.41, 5.74) is 0. The van der Waals surface area contributed by atoms with Crippen LogP contribution in [-0.4, -0.2) is 87.4 Å². The molecular weight excluding hydrogens is 911 g/mol. The van der Waals surface area contributed by atoms with Gasteiger partial charge in [-0.2, -0.15) is 0 Å². The van der Waals surface area contributed by atoms with Crippen LogP contribution in [-0.2, 0) is 33.3 Å². The summed E-state index contributed by atoms with van der Waals surface area (Å²) in [6, 6.07) is 0. The van der Waals surface area contributed by atoms with Gasteiger partial charge in [-0.1, -0.05) is 247 Å². The lowest BCUT2D eigenvalue weighted by molar-refractivity contribution is -0.870. The van der Waals surface area contributed by atoms with Gasteiger partial charge in [-0.3, -0.25) is 9.59 Å². The summed E-state index contributed by atoms with van der Waals surface area (Å²) in [5.74, 6) is -2.00. The molecule has 0 fully saturated rings. The van der Waals surface area contributed by atoms with Gasteiger partial charge >= 0.3 is 17.9 Å². The molecular formula is C64H112NO8+. The number of allylic oxidation sites excluding steroid dienone is 14. The van der Waals surface area contributed by atoms with Crippen molar-refractivity contribution >= 4 is 17.9 Å². The van der Waals surface area contributed by atoms with Crippen LogP contribution in [0.3, 0.4) is 0 Å². The number of quaternary nitrogens is 1. The molecule has 1 N–H and O–H groups in total. The van der Waals surface area contributed by atoms with E-state index in [4.69, 9.17) is 18.9 Å². The molecule has 0 aromatic rings. The average molecular weight is 1020 g/mol. The third-order valence-electron chi connectivity index (χ3n) is 12.7. The summed E-state index contributed by atoms with van der Waals surface area (Å²) in [5, 5.41) is 9.68. The number of carbonyl (C=O) groups is 3. The van der Waals surface area contributed by atoms with Gasteiger partial charge in [0.25, 0.3) is 6.29 Å². The Morgan fingerprint density at radius 3 is 1.16 bits per heavy atom. The molecule has 0 saturated heterocycles. The van der Waals surface area contributed by atoms with Crippen molar-refractivity contribution in [3.8, 4) is 0 Å². The minimum absolute atomic E-state index is 0.181. The van der Waals surface area contributed by atoms with Gasteiger partial charge in [0, 0.05) is 12.8 Å². The summed E-state index contributed by atoms with van der Waals surface area (Å²) in [7, 11) is 5.96. The first kappa shape index (κ1) is 69.5. The molecule has 0 aliphatic carbocycles. The molecule has 420 valence electrons. The van der Waals surface area contributed by atoms with E-state index in [1.165, 1.54) is 135 Å². The second-order valence-electron chi connectivity index (χ2n) is 20.9. The Bertz CT molecular complexity index is 1470. The van der Waals surface area contributed by atoms with Crippen molar-refractivity contribution in [2.45, 2.75) is 257 Å². The zero-order valence-corrected chi connectivity index (χ0v) is 47.8. The standard InChI is InChI=1S/C64H111NO8/c1-6-8-10-12-14-16-18-19-20-21-22-23-24-25-26-27-28-29-30-31-32-33-34-35-36-37-38-39-40-41-42-43-45-47-49-51-53-55-62(67)73-60(59-72-64(63(68)69)70-57-56-65(3,4)5)58-71-61(66)54-52-50-48-46-44-17-15-13-11-9-7-2/h8,10,14,16,19-20,22-23,25-26,28-29,31-32,60,64H,6-7,9,11-13,15,17-18,21,24,27,30,33-59H2,1-5H3/p+1/b10-8-,16-14-,20-19-,23-22-,26-25-,29-28-,32-31-. The van der Waals surface area contributed by atoms with E-state index in [0.29, 0.717) is 17.4 Å². The zero-order chi connectivity index (χ0) is 53.4. The van der Waals surface area contributed by atoms with Crippen molar-refractivity contribution in [1.29, 1.82) is 0 Å². The van der Waals surface area contributed by atoms with E-state index in [1.807, 2.05) is 21.1 Å². The molecule has 0 spiro atoms. The van der Waals surface area contributed by atoms with Crippen LogP contribution in [0, 0.1) is 0 Å². The van der Waals surface area contributed by atoms with Crippen molar-refractivity contribution in [3.63, 3.8) is 0 Å². The van der Waals surface area contributed by atoms with Crippen molar-refractivity contribution in [2.75, 3.05) is 47.5 Å². The number of esters is 2. The lowest BCUT2D eigenvalue weighted by Gasteiger charge is -2.25. The molecule has 0 heterocycles. The fourth-order valence-corrected chi connectivity index (χ4v) is 8.11. The monoisotopic (exact) mass is 1020 g/mol. The highest BCUT2D eigenvalue weighted by atomic mass is 16.7. The summed E-state index contributed by atoms with van der Waals surface area (Å²) < 4.78 is 22.8. The topological polar surface area (TPSA) is 108 Å². The first-order valence-corrected chi connectivity index (χ1v) is 29.8. The highest BCUT2D eigenvalue weighted by Crippen LogP contribution is 2.16. The van der Waals surface area contributed by atoms with E-state index in [0.717, 1.165) is 83.5 Å². The molecule has 73 heavy (non-hydrogen) atoms. The lowest BCUT2D eigenvalue weighted by atomic mass is 10.0. The Labute approximate surface area is 449 Å². The smallest absolute Gasteiger partial charge is 0.361 e. The van der Waals surface area contributed by atoms with Crippen LogP contribution in [0.15, 0.2) is 85.1 Å². The van der Waals surface area contributed by atoms with Crippen LogP contribution in [0.4, 0.5) is 0 Å². The minimum atomic E-state index is -1.51. The highest BCUT2D eigenvalue weighted by Gasteiger charge is 2.25. The van der Waals surface area contributed by atoms with E-state index in [2.05, 4.69) is 98.9 Å².